The molecule has 0 aliphatic carbocycles. The van der Waals surface area contributed by atoms with Gasteiger partial charge in [0.15, 0.2) is 11.5 Å². The molecule has 2 aromatic heterocycles. The summed E-state index contributed by atoms with van der Waals surface area (Å²) in [4.78, 5) is 24.0. The molecule has 3 aromatic rings. The lowest BCUT2D eigenvalue weighted by molar-refractivity contribution is -0.274. The average Bonchev–Trinajstić information content (AvgIpc) is 3.20. The van der Waals surface area contributed by atoms with Gasteiger partial charge in [0.1, 0.15) is 29.5 Å². The summed E-state index contributed by atoms with van der Waals surface area (Å²) in [6.45, 7) is 6.33. The molecule has 0 saturated heterocycles. The zero-order chi connectivity index (χ0) is 28.3. The average molecular weight is 559 g/mol. The van der Waals surface area contributed by atoms with Gasteiger partial charge in [-0.15, -0.1) is 13.2 Å². The van der Waals surface area contributed by atoms with Crippen molar-refractivity contribution in [2.24, 2.45) is 0 Å². The number of rotatable bonds is 12. The molecule has 0 aliphatic rings. The van der Waals surface area contributed by atoms with E-state index >= 15 is 0 Å². The molecule has 1 aromatic carbocycles. The Morgan fingerprint density at radius 1 is 1.18 bits per heavy atom. The topological polar surface area (TPSA) is 167 Å². The zero-order valence-electron chi connectivity index (χ0n) is 21.1. The summed E-state index contributed by atoms with van der Waals surface area (Å²) in [7, 11) is -3.75. The summed E-state index contributed by atoms with van der Waals surface area (Å²) in [5, 5.41) is 15.1. The molecule has 0 aliphatic heterocycles. The normalized spacial score (nSPS) is 15.7. The molecule has 38 heavy (non-hydrogen) atoms. The first kappa shape index (κ1) is 29.3. The van der Waals surface area contributed by atoms with Crippen LogP contribution in [0.5, 0.6) is 5.75 Å². The van der Waals surface area contributed by atoms with Crippen LogP contribution in [-0.2, 0) is 20.6 Å². The van der Waals surface area contributed by atoms with Crippen molar-refractivity contribution in [1.29, 1.82) is 0 Å². The Morgan fingerprint density at radius 2 is 1.84 bits per heavy atom. The summed E-state index contributed by atoms with van der Waals surface area (Å²) in [5.74, 6) is -1.42. The second-order valence-corrected chi connectivity index (χ2v) is 11.4. The lowest BCUT2D eigenvalue weighted by Crippen LogP contribution is -2.47. The van der Waals surface area contributed by atoms with Crippen LogP contribution in [0.4, 0.5) is 19.0 Å². The maximum absolute atomic E-state index is 13.9. The van der Waals surface area contributed by atoms with Crippen LogP contribution >= 0.6 is 7.44 Å². The summed E-state index contributed by atoms with van der Waals surface area (Å²) in [6, 6.07) is 4.36. The molecule has 1 unspecified atom stereocenters. The Balaban J connectivity index is 1.73. The van der Waals surface area contributed by atoms with Crippen LogP contribution in [0.2, 0.25) is 0 Å². The molecule has 0 spiro atoms. The van der Waals surface area contributed by atoms with E-state index in [1.807, 2.05) is 0 Å². The molecule has 5 N–H and O–H groups in total. The number of hydrogen-bond donors (Lipinski definition) is 4. The standard InChI is InChI=1S/C22H29F3N7O5P/c1-13(9-32-11-29-17-18(26)27-10-28-19(17)32)36-12-38(35,31-21(3,4)20(33)34)30-14(2)15-5-7-16(8-6-15)37-22(23,24)25/h5-8,10-11,13-14H,9,12H2,1-4H3,(H,33,34)(H2,26,27,28)(H2,30,31,35)/t13-,14-,38?/m0/s1. The highest BCUT2D eigenvalue weighted by molar-refractivity contribution is 7.59. The smallest absolute Gasteiger partial charge is 0.480 e. The SMILES string of the molecule is C[C@H](NP(=O)(CO[C@@H](C)Cn1cnc2c(N)ncnc21)NC(C)(C)C(=O)O)c1ccc(OC(F)(F)F)cc1. The van der Waals surface area contributed by atoms with Gasteiger partial charge in [0.2, 0.25) is 7.44 Å². The van der Waals surface area contributed by atoms with Crippen LogP contribution in [0.15, 0.2) is 36.9 Å². The first-order valence-corrected chi connectivity index (χ1v) is 13.3. The van der Waals surface area contributed by atoms with Gasteiger partial charge < -0.3 is 24.9 Å². The number of nitrogens with two attached hydrogens (primary N) is 1. The van der Waals surface area contributed by atoms with Crippen LogP contribution in [0.1, 0.15) is 39.3 Å². The summed E-state index contributed by atoms with van der Waals surface area (Å²) in [6.07, 6.45) is -2.91. The number of nitrogen functional groups attached to an aromatic ring is 1. The van der Waals surface area contributed by atoms with Crippen molar-refractivity contribution in [3.8, 4) is 5.75 Å². The molecule has 0 bridgehead atoms. The fourth-order valence-electron chi connectivity index (χ4n) is 3.54. The Labute approximate surface area is 216 Å². The number of anilines is 1. The number of benzene rings is 1. The maximum atomic E-state index is 13.9. The highest BCUT2D eigenvalue weighted by Crippen LogP contribution is 2.42. The van der Waals surface area contributed by atoms with Crippen LogP contribution in [0.3, 0.4) is 0 Å². The second-order valence-electron chi connectivity index (χ2n) is 9.18. The van der Waals surface area contributed by atoms with Crippen LogP contribution in [0, 0.1) is 0 Å². The number of aromatic nitrogens is 4. The lowest BCUT2D eigenvalue weighted by atomic mass is 10.1. The van der Waals surface area contributed by atoms with E-state index < -0.39 is 49.6 Å². The highest BCUT2D eigenvalue weighted by Gasteiger charge is 2.37. The van der Waals surface area contributed by atoms with Gasteiger partial charge in [-0.2, -0.15) is 0 Å². The molecule has 3 rings (SSSR count). The van der Waals surface area contributed by atoms with Gasteiger partial charge in [0, 0.05) is 6.04 Å². The van der Waals surface area contributed by atoms with Crippen molar-refractivity contribution in [2.45, 2.75) is 58.3 Å². The maximum Gasteiger partial charge on any atom is 0.573 e. The van der Waals surface area contributed by atoms with Crippen molar-refractivity contribution < 1.29 is 37.1 Å². The number of nitrogens with zero attached hydrogens (tertiary/aromatic N) is 4. The van der Waals surface area contributed by atoms with Gasteiger partial charge in [0.25, 0.3) is 0 Å². The molecule has 0 radical (unpaired) electrons. The number of ether oxygens (including phenoxy) is 2. The molecule has 0 amide bonds. The van der Waals surface area contributed by atoms with E-state index in [9.17, 15) is 27.6 Å². The quantitative estimate of drug-likeness (QED) is 0.239. The van der Waals surface area contributed by atoms with Crippen molar-refractivity contribution in [2.75, 3.05) is 12.1 Å². The van der Waals surface area contributed by atoms with Gasteiger partial charge in [-0.25, -0.2) is 25.1 Å². The van der Waals surface area contributed by atoms with Gasteiger partial charge in [-0.3, -0.25) is 9.36 Å². The molecule has 0 saturated carbocycles. The largest absolute Gasteiger partial charge is 0.573 e. The minimum atomic E-state index is -4.83. The van der Waals surface area contributed by atoms with Crippen LogP contribution in [-0.4, -0.2) is 54.9 Å². The number of aliphatic carboxylic acids is 1. The molecule has 2 heterocycles. The van der Waals surface area contributed by atoms with Gasteiger partial charge in [0.05, 0.1) is 19.0 Å². The van der Waals surface area contributed by atoms with E-state index in [-0.39, 0.29) is 12.4 Å². The van der Waals surface area contributed by atoms with E-state index in [0.29, 0.717) is 16.7 Å². The minimum Gasteiger partial charge on any atom is -0.480 e. The van der Waals surface area contributed by atoms with Crippen LogP contribution in [0.25, 0.3) is 11.2 Å². The number of carbonyl (C=O) groups is 1. The molecule has 16 heteroatoms. The molecule has 3 atom stereocenters. The fourth-order valence-corrected chi connectivity index (χ4v) is 5.98. The monoisotopic (exact) mass is 559 g/mol. The van der Waals surface area contributed by atoms with E-state index in [1.165, 1.54) is 38.6 Å². The molecular weight excluding hydrogens is 530 g/mol. The Bertz CT molecular complexity index is 1320. The predicted octanol–water partition coefficient (Wildman–Crippen LogP) is 3.67. The summed E-state index contributed by atoms with van der Waals surface area (Å²) in [5.41, 5.74) is 5.63. The first-order chi connectivity index (χ1) is 17.6. The number of halogens is 3. The Morgan fingerprint density at radius 3 is 2.45 bits per heavy atom. The van der Waals surface area contributed by atoms with E-state index in [4.69, 9.17) is 10.5 Å². The van der Waals surface area contributed by atoms with Gasteiger partial charge in [-0.05, 0) is 45.4 Å². The third-order valence-corrected chi connectivity index (χ3v) is 7.67. The third-order valence-electron chi connectivity index (χ3n) is 5.43. The lowest BCUT2D eigenvalue weighted by Gasteiger charge is -2.32. The van der Waals surface area contributed by atoms with E-state index in [2.05, 4.69) is 29.9 Å². The Hall–Kier alpha value is -3.26. The van der Waals surface area contributed by atoms with Gasteiger partial charge in [-0.1, -0.05) is 12.1 Å². The first-order valence-electron chi connectivity index (χ1n) is 11.4. The number of hydrogen-bond acceptors (Lipinski definition) is 8. The van der Waals surface area contributed by atoms with Crippen molar-refractivity contribution in [3.63, 3.8) is 0 Å². The predicted molar refractivity (Wildman–Crippen MR) is 132 cm³/mol. The Kier molecular flexibility index (Phi) is 8.66. The number of imidazole rings is 1. The molecule has 208 valence electrons. The van der Waals surface area contributed by atoms with E-state index in [1.54, 1.807) is 18.4 Å². The molecule has 12 nitrogen and oxygen atoms in total. The summed E-state index contributed by atoms with van der Waals surface area (Å²) < 4.78 is 62.7. The third kappa shape index (κ3) is 7.63. The van der Waals surface area contributed by atoms with Gasteiger partial charge >= 0.3 is 12.3 Å². The number of carboxylic acids is 1. The fraction of sp³-hybridized carbons (Fsp3) is 0.455. The summed E-state index contributed by atoms with van der Waals surface area (Å²) >= 11 is 0. The second kappa shape index (κ2) is 11.2. The van der Waals surface area contributed by atoms with Crippen LogP contribution < -0.4 is 20.6 Å². The van der Waals surface area contributed by atoms with Crippen molar-refractivity contribution in [1.82, 2.24) is 29.7 Å². The number of nitrogens with one attached hydrogen (secondary N) is 2. The molecule has 0 fully saturated rings. The highest BCUT2D eigenvalue weighted by atomic mass is 31.2. The number of carboxylic acid groups (broad SMARTS) is 1. The number of fused-ring (bicyclic) bond motifs is 1. The molecular formula is C22H29F3N7O5P. The van der Waals surface area contributed by atoms with E-state index in [0.717, 1.165) is 12.1 Å². The zero-order valence-corrected chi connectivity index (χ0v) is 22.0. The van der Waals surface area contributed by atoms with Crippen molar-refractivity contribution >= 4 is 30.4 Å². The number of alkyl halides is 3. The van der Waals surface area contributed by atoms with Crippen molar-refractivity contribution in [3.05, 3.63) is 42.5 Å². The minimum absolute atomic E-state index is 0.225.